The van der Waals surface area contributed by atoms with Crippen LogP contribution >= 0.6 is 11.8 Å². The van der Waals surface area contributed by atoms with Crippen molar-refractivity contribution in [3.05, 3.63) is 39.7 Å². The monoisotopic (exact) mass is 431 g/mol. The molecule has 1 aromatic carbocycles. The highest BCUT2D eigenvalue weighted by Crippen LogP contribution is 2.39. The van der Waals surface area contributed by atoms with Gasteiger partial charge in [-0.15, -0.1) is 0 Å². The van der Waals surface area contributed by atoms with Crippen LogP contribution in [0, 0.1) is 5.92 Å². The van der Waals surface area contributed by atoms with E-state index in [0.29, 0.717) is 40.6 Å². The van der Waals surface area contributed by atoms with Crippen molar-refractivity contribution < 1.29 is 14.3 Å². The van der Waals surface area contributed by atoms with Gasteiger partial charge in [-0.3, -0.25) is 9.59 Å². The lowest BCUT2D eigenvalue weighted by atomic mass is 9.86. The van der Waals surface area contributed by atoms with Crippen LogP contribution in [0.3, 0.4) is 0 Å². The van der Waals surface area contributed by atoms with Crippen molar-refractivity contribution in [3.63, 3.8) is 0 Å². The molecule has 162 valence electrons. The number of aromatic nitrogens is 2. The van der Waals surface area contributed by atoms with Crippen LogP contribution in [0.4, 0.5) is 5.82 Å². The van der Waals surface area contributed by atoms with Crippen molar-refractivity contribution in [3.8, 4) is 11.5 Å². The van der Waals surface area contributed by atoms with E-state index in [-0.39, 0.29) is 17.9 Å². The molecule has 7 nitrogen and oxygen atoms in total. The molecule has 0 saturated carbocycles. The van der Waals surface area contributed by atoms with Gasteiger partial charge in [-0.25, -0.2) is 0 Å². The standard InChI is InChI=1S/C22H29N3O4S/c1-6-9-30-22-24-21(27)19-15(11-18(26)23-20(19)25(22)4)14-7-8-16(17(10-14)28-5)29-12-13(2)3/h7-8,10,13,15H,6,9,11-12H2,1-5H3,(H,23,26)/t15-/m1/s1. The fraction of sp³-hybridized carbons (Fsp3) is 0.500. The van der Waals surface area contributed by atoms with E-state index < -0.39 is 5.92 Å². The van der Waals surface area contributed by atoms with E-state index in [2.05, 4.69) is 31.1 Å². The van der Waals surface area contributed by atoms with Gasteiger partial charge in [-0.1, -0.05) is 38.6 Å². The van der Waals surface area contributed by atoms with Gasteiger partial charge in [0, 0.05) is 25.1 Å². The van der Waals surface area contributed by atoms with E-state index in [1.807, 2.05) is 25.2 Å². The zero-order chi connectivity index (χ0) is 21.8. The summed E-state index contributed by atoms with van der Waals surface area (Å²) < 4.78 is 13.2. The number of ether oxygens (including phenoxy) is 2. The average molecular weight is 432 g/mol. The van der Waals surface area contributed by atoms with Gasteiger partial charge in [-0.2, -0.15) is 4.98 Å². The summed E-state index contributed by atoms with van der Waals surface area (Å²) in [4.78, 5) is 29.7. The molecule has 2 aromatic rings. The molecule has 0 radical (unpaired) electrons. The molecular formula is C22H29N3O4S. The van der Waals surface area contributed by atoms with Crippen molar-refractivity contribution in [2.75, 3.05) is 24.8 Å². The van der Waals surface area contributed by atoms with Crippen LogP contribution in [0.5, 0.6) is 11.5 Å². The molecule has 30 heavy (non-hydrogen) atoms. The molecule has 0 unspecified atom stereocenters. The van der Waals surface area contributed by atoms with E-state index >= 15 is 0 Å². The Balaban J connectivity index is 2.03. The Morgan fingerprint density at radius 3 is 2.73 bits per heavy atom. The molecule has 1 N–H and O–H groups in total. The highest BCUT2D eigenvalue weighted by molar-refractivity contribution is 7.99. The number of nitrogens with zero attached hydrogens (tertiary/aromatic N) is 2. The minimum atomic E-state index is -0.391. The van der Waals surface area contributed by atoms with Crippen LogP contribution in [-0.4, -0.2) is 34.9 Å². The largest absolute Gasteiger partial charge is 0.493 e. The molecule has 0 bridgehead atoms. The zero-order valence-electron chi connectivity index (χ0n) is 18.2. The Labute approximate surface area is 181 Å². The Hall–Kier alpha value is -2.48. The number of methoxy groups -OCH3 is 1. The molecule has 1 aliphatic rings. The number of carbonyl (C=O) groups is 1. The van der Waals surface area contributed by atoms with Gasteiger partial charge in [0.15, 0.2) is 16.7 Å². The van der Waals surface area contributed by atoms with Gasteiger partial charge < -0.3 is 19.4 Å². The lowest BCUT2D eigenvalue weighted by Gasteiger charge is -2.28. The molecule has 1 atom stereocenters. The van der Waals surface area contributed by atoms with Gasteiger partial charge in [0.25, 0.3) is 5.56 Å². The van der Waals surface area contributed by atoms with Crippen molar-refractivity contribution in [2.24, 2.45) is 13.0 Å². The summed E-state index contributed by atoms with van der Waals surface area (Å²) in [5.74, 6) is 2.47. The van der Waals surface area contributed by atoms with Gasteiger partial charge in [-0.05, 0) is 30.0 Å². The summed E-state index contributed by atoms with van der Waals surface area (Å²) in [6.07, 6.45) is 1.15. The smallest absolute Gasteiger partial charge is 0.279 e. The van der Waals surface area contributed by atoms with Crippen molar-refractivity contribution in [1.82, 2.24) is 9.55 Å². The first-order valence-electron chi connectivity index (χ1n) is 10.2. The summed E-state index contributed by atoms with van der Waals surface area (Å²) in [5.41, 5.74) is 1.04. The quantitative estimate of drug-likeness (QED) is 0.506. The van der Waals surface area contributed by atoms with Crippen molar-refractivity contribution >= 4 is 23.5 Å². The maximum Gasteiger partial charge on any atom is 0.279 e. The zero-order valence-corrected chi connectivity index (χ0v) is 19.0. The number of fused-ring (bicyclic) bond motifs is 1. The molecule has 0 fully saturated rings. The van der Waals surface area contributed by atoms with Crippen LogP contribution in [0.1, 0.15) is 50.7 Å². The SMILES string of the molecule is CCCSc1nc(=O)c2c(n1C)NC(=O)C[C@@H]2c1ccc(OCC(C)C)c(OC)c1. The summed E-state index contributed by atoms with van der Waals surface area (Å²) in [7, 11) is 3.41. The third-order valence-corrected chi connectivity index (χ3v) is 6.13. The topological polar surface area (TPSA) is 82.5 Å². The molecule has 1 amide bonds. The minimum absolute atomic E-state index is 0.126. The number of rotatable bonds is 8. The lowest BCUT2D eigenvalue weighted by Crippen LogP contribution is -2.33. The van der Waals surface area contributed by atoms with E-state index in [1.165, 1.54) is 11.8 Å². The van der Waals surface area contributed by atoms with Crippen LogP contribution in [0.15, 0.2) is 28.2 Å². The second-order valence-electron chi connectivity index (χ2n) is 7.79. The number of hydrogen-bond donors (Lipinski definition) is 1. The van der Waals surface area contributed by atoms with Crippen LogP contribution < -0.4 is 20.3 Å². The van der Waals surface area contributed by atoms with Gasteiger partial charge in [0.2, 0.25) is 5.91 Å². The maximum absolute atomic E-state index is 12.9. The molecule has 8 heteroatoms. The summed E-state index contributed by atoms with van der Waals surface area (Å²) in [6.45, 7) is 6.80. The Bertz CT molecular complexity index is 987. The van der Waals surface area contributed by atoms with E-state index in [1.54, 1.807) is 11.7 Å². The van der Waals surface area contributed by atoms with E-state index in [4.69, 9.17) is 9.47 Å². The number of anilines is 1. The summed E-state index contributed by atoms with van der Waals surface area (Å²) in [6, 6.07) is 5.58. The number of hydrogen-bond acceptors (Lipinski definition) is 6. The van der Waals surface area contributed by atoms with E-state index in [0.717, 1.165) is 17.7 Å². The molecule has 1 aliphatic heterocycles. The molecule has 0 saturated heterocycles. The first-order valence-corrected chi connectivity index (χ1v) is 11.2. The first kappa shape index (κ1) is 22.2. The Kier molecular flexibility index (Phi) is 7.07. The number of amides is 1. The normalized spacial score (nSPS) is 15.7. The highest BCUT2D eigenvalue weighted by atomic mass is 32.2. The van der Waals surface area contributed by atoms with Crippen LogP contribution in [-0.2, 0) is 11.8 Å². The molecule has 0 aliphatic carbocycles. The average Bonchev–Trinajstić information content (AvgIpc) is 2.72. The third kappa shape index (κ3) is 4.64. The highest BCUT2D eigenvalue weighted by Gasteiger charge is 2.32. The number of nitrogens with one attached hydrogen (secondary N) is 1. The van der Waals surface area contributed by atoms with Crippen LogP contribution in [0.2, 0.25) is 0 Å². The lowest BCUT2D eigenvalue weighted by molar-refractivity contribution is -0.116. The fourth-order valence-electron chi connectivity index (χ4n) is 3.42. The van der Waals surface area contributed by atoms with Gasteiger partial charge >= 0.3 is 0 Å². The molecule has 1 aromatic heterocycles. The molecule has 3 rings (SSSR count). The number of thioether (sulfide) groups is 1. The molecule has 0 spiro atoms. The van der Waals surface area contributed by atoms with Crippen molar-refractivity contribution in [2.45, 2.75) is 44.7 Å². The second-order valence-corrected chi connectivity index (χ2v) is 8.85. The minimum Gasteiger partial charge on any atom is -0.493 e. The number of carbonyl (C=O) groups excluding carboxylic acids is 1. The first-order chi connectivity index (χ1) is 14.3. The number of benzene rings is 1. The summed E-state index contributed by atoms with van der Waals surface area (Å²) in [5, 5.41) is 3.48. The van der Waals surface area contributed by atoms with E-state index in [9.17, 15) is 9.59 Å². The van der Waals surface area contributed by atoms with Crippen LogP contribution in [0.25, 0.3) is 0 Å². The third-order valence-electron chi connectivity index (χ3n) is 4.90. The predicted octanol–water partition coefficient (Wildman–Crippen LogP) is 3.80. The molecular weight excluding hydrogens is 402 g/mol. The van der Waals surface area contributed by atoms with Gasteiger partial charge in [0.05, 0.1) is 19.3 Å². The predicted molar refractivity (Wildman–Crippen MR) is 119 cm³/mol. The second kappa shape index (κ2) is 9.55. The van der Waals surface area contributed by atoms with Crippen molar-refractivity contribution in [1.29, 1.82) is 0 Å². The Morgan fingerprint density at radius 1 is 1.30 bits per heavy atom. The summed E-state index contributed by atoms with van der Waals surface area (Å²) >= 11 is 1.51. The fourth-order valence-corrected chi connectivity index (χ4v) is 4.24. The maximum atomic E-state index is 12.9. The molecule has 2 heterocycles. The Morgan fingerprint density at radius 2 is 2.07 bits per heavy atom. The van der Waals surface area contributed by atoms with Gasteiger partial charge in [0.1, 0.15) is 5.82 Å².